The number of hydrogen-bond donors (Lipinski definition) is 0. The first-order valence-electron chi connectivity index (χ1n) is 8.17. The Morgan fingerprint density at radius 3 is 2.19 bits per heavy atom. The zero-order chi connectivity index (χ0) is 18.2. The Hall–Kier alpha value is -1.94. The molecule has 0 radical (unpaired) electrons. The second kappa shape index (κ2) is 9.67. The first-order valence-corrected chi connectivity index (χ1v) is 10.2. The van der Waals surface area contributed by atoms with Crippen LogP contribution in [0.25, 0.3) is 0 Å². The summed E-state index contributed by atoms with van der Waals surface area (Å²) in [6.07, 6.45) is 0. The van der Waals surface area contributed by atoms with Crippen molar-refractivity contribution in [1.82, 2.24) is 0 Å². The molecule has 0 amide bonds. The molecule has 0 N–H and O–H groups in total. The highest BCUT2D eigenvalue weighted by Crippen LogP contribution is 2.30. The summed E-state index contributed by atoms with van der Waals surface area (Å²) in [6.45, 7) is 2.09. The predicted molar refractivity (Wildman–Crippen MR) is 117 cm³/mol. The maximum Gasteiger partial charge on any atom is 0.105 e. The first kappa shape index (κ1) is 18.8. The van der Waals surface area contributed by atoms with Crippen LogP contribution in [0.1, 0.15) is 6.92 Å². The molecule has 3 aromatic rings. The van der Waals surface area contributed by atoms with E-state index in [1.54, 1.807) is 23.5 Å². The fourth-order valence-corrected chi connectivity index (χ4v) is 4.15. The van der Waals surface area contributed by atoms with Crippen LogP contribution in [0.5, 0.6) is 0 Å². The molecule has 0 aliphatic heterocycles. The van der Waals surface area contributed by atoms with Gasteiger partial charge >= 0.3 is 0 Å². The van der Waals surface area contributed by atoms with Crippen molar-refractivity contribution in [2.45, 2.75) is 16.7 Å². The topological polar surface area (TPSA) is 12.4 Å². The minimum Gasteiger partial charge on any atom is -0.241 e. The average molecular weight is 396 g/mol. The van der Waals surface area contributed by atoms with Gasteiger partial charge in [0.2, 0.25) is 0 Å². The standard InChI is InChI=1S/C22H18ClNS2/c1-17(16-25-20-12-6-3-7-13-20)22(24-19-10-4-2-5-11-19)26-21-14-8-9-18(23)15-21/h2-16H,1H3. The maximum absolute atomic E-state index is 6.14. The van der Waals surface area contributed by atoms with E-state index < -0.39 is 0 Å². The van der Waals surface area contributed by atoms with Crippen LogP contribution in [0.2, 0.25) is 5.02 Å². The SMILES string of the molecule is CC(=CSc1ccccc1)C(=Nc1ccccc1)Sc1cccc(Cl)c1. The molecule has 4 heteroatoms. The summed E-state index contributed by atoms with van der Waals surface area (Å²) in [7, 11) is 0. The lowest BCUT2D eigenvalue weighted by molar-refractivity contribution is 1.46. The van der Waals surface area contributed by atoms with E-state index >= 15 is 0 Å². The number of benzene rings is 3. The van der Waals surface area contributed by atoms with E-state index in [2.05, 4.69) is 30.5 Å². The number of thioether (sulfide) groups is 2. The zero-order valence-corrected chi connectivity index (χ0v) is 16.7. The highest BCUT2D eigenvalue weighted by Gasteiger charge is 2.07. The van der Waals surface area contributed by atoms with Crippen molar-refractivity contribution in [1.29, 1.82) is 0 Å². The molecular formula is C22H18ClNS2. The molecule has 0 aliphatic carbocycles. The number of hydrogen-bond acceptors (Lipinski definition) is 3. The molecule has 26 heavy (non-hydrogen) atoms. The van der Waals surface area contributed by atoms with Crippen LogP contribution in [0.3, 0.4) is 0 Å². The van der Waals surface area contributed by atoms with Gasteiger partial charge in [0, 0.05) is 14.8 Å². The van der Waals surface area contributed by atoms with Crippen molar-refractivity contribution in [2.24, 2.45) is 4.99 Å². The number of aliphatic imine (C=N–C) groups is 1. The maximum atomic E-state index is 6.14. The van der Waals surface area contributed by atoms with Crippen LogP contribution in [0, 0.1) is 0 Å². The van der Waals surface area contributed by atoms with Crippen molar-refractivity contribution in [3.8, 4) is 0 Å². The lowest BCUT2D eigenvalue weighted by atomic mass is 10.3. The van der Waals surface area contributed by atoms with Gasteiger partial charge in [-0.15, -0.1) is 0 Å². The highest BCUT2D eigenvalue weighted by atomic mass is 35.5. The van der Waals surface area contributed by atoms with Crippen LogP contribution in [0.4, 0.5) is 5.69 Å². The van der Waals surface area contributed by atoms with Gasteiger partial charge in [0.05, 0.1) is 5.69 Å². The summed E-state index contributed by atoms with van der Waals surface area (Å²) in [5, 5.41) is 3.84. The van der Waals surface area contributed by atoms with E-state index in [9.17, 15) is 0 Å². The third kappa shape index (κ3) is 5.80. The summed E-state index contributed by atoms with van der Waals surface area (Å²) in [5.41, 5.74) is 2.06. The fourth-order valence-electron chi connectivity index (χ4n) is 2.16. The molecule has 0 unspecified atom stereocenters. The minimum absolute atomic E-state index is 0.731. The summed E-state index contributed by atoms with van der Waals surface area (Å²) in [5.74, 6) is 0. The Balaban J connectivity index is 1.88. The van der Waals surface area contributed by atoms with Crippen molar-refractivity contribution < 1.29 is 0 Å². The van der Waals surface area contributed by atoms with Crippen molar-refractivity contribution >= 4 is 45.9 Å². The molecule has 0 fully saturated rings. The molecule has 0 atom stereocenters. The number of halogens is 1. The number of para-hydroxylation sites is 1. The van der Waals surface area contributed by atoms with Gasteiger partial charge < -0.3 is 0 Å². The van der Waals surface area contributed by atoms with Gasteiger partial charge in [-0.2, -0.15) is 0 Å². The van der Waals surface area contributed by atoms with Crippen molar-refractivity contribution in [3.63, 3.8) is 0 Å². The van der Waals surface area contributed by atoms with E-state index in [0.29, 0.717) is 0 Å². The smallest absolute Gasteiger partial charge is 0.105 e. The van der Waals surface area contributed by atoms with E-state index in [1.807, 2.05) is 66.7 Å². The van der Waals surface area contributed by atoms with Crippen LogP contribution in [-0.2, 0) is 0 Å². The van der Waals surface area contributed by atoms with E-state index in [-0.39, 0.29) is 0 Å². The summed E-state index contributed by atoms with van der Waals surface area (Å²) in [6, 6.07) is 28.2. The van der Waals surface area contributed by atoms with E-state index in [4.69, 9.17) is 16.6 Å². The molecule has 0 saturated carbocycles. The Bertz CT molecular complexity index is 906. The number of rotatable bonds is 5. The molecule has 0 aromatic heterocycles. The van der Waals surface area contributed by atoms with Crippen LogP contribution in [0.15, 0.2) is 111 Å². The van der Waals surface area contributed by atoms with Gasteiger partial charge in [0.25, 0.3) is 0 Å². The van der Waals surface area contributed by atoms with Gasteiger partial charge in [-0.3, -0.25) is 0 Å². The van der Waals surface area contributed by atoms with Crippen molar-refractivity contribution in [3.05, 3.63) is 101 Å². The quantitative estimate of drug-likeness (QED) is 0.247. The molecule has 0 aliphatic rings. The highest BCUT2D eigenvalue weighted by molar-refractivity contribution is 8.14. The molecule has 0 bridgehead atoms. The third-order valence-corrected chi connectivity index (χ3v) is 5.80. The van der Waals surface area contributed by atoms with Gasteiger partial charge in [-0.1, -0.05) is 77.6 Å². The molecule has 1 nitrogen and oxygen atoms in total. The average Bonchev–Trinajstić information content (AvgIpc) is 2.67. The second-order valence-electron chi connectivity index (χ2n) is 5.54. The summed E-state index contributed by atoms with van der Waals surface area (Å²) < 4.78 is 0. The molecule has 0 heterocycles. The summed E-state index contributed by atoms with van der Waals surface area (Å²) >= 11 is 9.46. The molecule has 130 valence electrons. The molecular weight excluding hydrogens is 378 g/mol. The van der Waals surface area contributed by atoms with Gasteiger partial charge in [-0.05, 0) is 60.4 Å². The molecule has 3 aromatic carbocycles. The lowest BCUT2D eigenvalue weighted by Crippen LogP contribution is -1.94. The zero-order valence-electron chi connectivity index (χ0n) is 14.3. The Morgan fingerprint density at radius 1 is 0.846 bits per heavy atom. The number of nitrogens with zero attached hydrogens (tertiary/aromatic N) is 1. The second-order valence-corrected chi connectivity index (χ2v) is 7.99. The Labute approximate surface area is 168 Å². The largest absolute Gasteiger partial charge is 0.241 e. The van der Waals surface area contributed by atoms with Crippen LogP contribution < -0.4 is 0 Å². The van der Waals surface area contributed by atoms with Gasteiger partial charge in [0.1, 0.15) is 5.04 Å². The first-order chi connectivity index (χ1) is 12.7. The summed E-state index contributed by atoms with van der Waals surface area (Å²) in [4.78, 5) is 7.13. The van der Waals surface area contributed by atoms with Crippen LogP contribution >= 0.6 is 35.1 Å². The fraction of sp³-hybridized carbons (Fsp3) is 0.0455. The Morgan fingerprint density at radius 2 is 1.50 bits per heavy atom. The van der Waals surface area contributed by atoms with Crippen LogP contribution in [-0.4, -0.2) is 5.04 Å². The normalized spacial score (nSPS) is 12.2. The molecule has 0 spiro atoms. The Kier molecular flexibility index (Phi) is 7.01. The molecule has 0 saturated heterocycles. The van der Waals surface area contributed by atoms with E-state index in [1.165, 1.54) is 4.90 Å². The monoisotopic (exact) mass is 395 g/mol. The third-order valence-electron chi connectivity index (χ3n) is 3.45. The van der Waals surface area contributed by atoms with Gasteiger partial charge in [-0.25, -0.2) is 4.99 Å². The molecule has 3 rings (SSSR count). The minimum atomic E-state index is 0.731. The van der Waals surface area contributed by atoms with Crippen molar-refractivity contribution in [2.75, 3.05) is 0 Å². The van der Waals surface area contributed by atoms with Gasteiger partial charge in [0.15, 0.2) is 0 Å². The predicted octanol–water partition coefficient (Wildman–Crippen LogP) is 7.86. The van der Waals surface area contributed by atoms with E-state index in [0.717, 1.165) is 26.2 Å². The lowest BCUT2D eigenvalue weighted by Gasteiger charge is -2.08.